The Morgan fingerprint density at radius 1 is 1.37 bits per heavy atom. The molecule has 1 aliphatic rings. The number of hydrogen-bond acceptors (Lipinski definition) is 4. The Balaban J connectivity index is 2.48. The molecule has 2 N–H and O–H groups in total. The lowest BCUT2D eigenvalue weighted by Gasteiger charge is -2.23. The average molecular weight is 285 g/mol. The highest BCUT2D eigenvalue weighted by Gasteiger charge is 2.36. The number of hydrogen-bond donors (Lipinski definition) is 2. The van der Waals surface area contributed by atoms with Gasteiger partial charge in [-0.1, -0.05) is 12.1 Å². The van der Waals surface area contributed by atoms with Gasteiger partial charge in [-0.3, -0.25) is 0 Å². The van der Waals surface area contributed by atoms with Crippen LogP contribution in [0, 0.1) is 0 Å². The average Bonchev–Trinajstić information content (AvgIpc) is 2.87. The molecule has 0 bridgehead atoms. The zero-order valence-corrected chi connectivity index (χ0v) is 11.0. The second kappa shape index (κ2) is 5.28. The highest BCUT2D eigenvalue weighted by Crippen LogP contribution is 2.27. The third kappa shape index (κ3) is 2.49. The predicted molar refractivity (Wildman–Crippen MR) is 67.4 cm³/mol. The van der Waals surface area contributed by atoms with Crippen LogP contribution in [0.5, 0.6) is 0 Å². The molecule has 1 fully saturated rings. The van der Waals surface area contributed by atoms with Crippen molar-refractivity contribution in [2.45, 2.75) is 23.8 Å². The van der Waals surface area contributed by atoms with Gasteiger partial charge < -0.3 is 10.2 Å². The molecule has 6 nitrogen and oxygen atoms in total. The number of benzene rings is 1. The topological polar surface area (TPSA) is 94.9 Å². The van der Waals surface area contributed by atoms with Crippen LogP contribution in [0.25, 0.3) is 0 Å². The highest BCUT2D eigenvalue weighted by molar-refractivity contribution is 7.89. The van der Waals surface area contributed by atoms with Crippen molar-refractivity contribution in [2.75, 3.05) is 13.2 Å². The molecular formula is C12H15NO5S. The first-order chi connectivity index (χ1) is 8.98. The number of carbonyl (C=O) groups is 1. The number of nitrogens with zero attached hydrogens (tertiary/aromatic N) is 1. The van der Waals surface area contributed by atoms with Gasteiger partial charge >= 0.3 is 5.97 Å². The largest absolute Gasteiger partial charge is 0.478 e. The maximum atomic E-state index is 12.5. The summed E-state index contributed by atoms with van der Waals surface area (Å²) in [7, 11) is -3.88. The molecule has 1 aromatic rings. The number of carboxylic acids is 1. The second-order valence-corrected chi connectivity index (χ2v) is 6.25. The summed E-state index contributed by atoms with van der Waals surface area (Å²) < 4.78 is 26.2. The number of aliphatic hydroxyl groups is 1. The van der Waals surface area contributed by atoms with Crippen LogP contribution in [0.15, 0.2) is 29.2 Å². The van der Waals surface area contributed by atoms with Crippen molar-refractivity contribution in [3.05, 3.63) is 29.8 Å². The summed E-state index contributed by atoms with van der Waals surface area (Å²) in [5, 5.41) is 18.3. The standard InChI is InChI=1S/C12H15NO5S/c14-8-9-4-3-7-13(9)19(17,18)11-6-2-1-5-10(11)12(15)16/h1-2,5-6,9,14H,3-4,7-8H2,(H,15,16). The van der Waals surface area contributed by atoms with Crippen molar-refractivity contribution in [2.24, 2.45) is 0 Å². The fourth-order valence-corrected chi connectivity index (χ4v) is 4.17. The Morgan fingerprint density at radius 2 is 2.05 bits per heavy atom. The molecule has 1 aromatic carbocycles. The van der Waals surface area contributed by atoms with E-state index in [4.69, 9.17) is 5.11 Å². The van der Waals surface area contributed by atoms with Gasteiger partial charge in [-0.2, -0.15) is 4.31 Å². The molecule has 1 heterocycles. The third-order valence-corrected chi connectivity index (χ3v) is 5.25. The van der Waals surface area contributed by atoms with Crippen LogP contribution in [0.1, 0.15) is 23.2 Å². The highest BCUT2D eigenvalue weighted by atomic mass is 32.2. The molecule has 0 amide bonds. The first-order valence-corrected chi connectivity index (χ1v) is 7.37. The Bertz CT molecular complexity index is 584. The van der Waals surface area contributed by atoms with Crippen LogP contribution < -0.4 is 0 Å². The smallest absolute Gasteiger partial charge is 0.337 e. The zero-order valence-electron chi connectivity index (χ0n) is 10.2. The number of aliphatic hydroxyl groups excluding tert-OH is 1. The van der Waals surface area contributed by atoms with E-state index in [2.05, 4.69) is 0 Å². The lowest BCUT2D eigenvalue weighted by atomic mass is 10.2. The van der Waals surface area contributed by atoms with Crippen molar-refractivity contribution < 1.29 is 23.4 Å². The molecule has 2 rings (SSSR count). The van der Waals surface area contributed by atoms with E-state index in [1.807, 2.05) is 0 Å². The van der Waals surface area contributed by atoms with Crippen LogP contribution in [0.2, 0.25) is 0 Å². The number of sulfonamides is 1. The molecule has 7 heteroatoms. The van der Waals surface area contributed by atoms with Crippen LogP contribution in [0.4, 0.5) is 0 Å². The fourth-order valence-electron chi connectivity index (χ4n) is 2.30. The Morgan fingerprint density at radius 3 is 2.68 bits per heavy atom. The van der Waals surface area contributed by atoms with Gasteiger partial charge in [-0.15, -0.1) is 0 Å². The number of carboxylic acid groups (broad SMARTS) is 1. The van der Waals surface area contributed by atoms with Crippen LogP contribution in [-0.4, -0.2) is 48.1 Å². The van der Waals surface area contributed by atoms with E-state index in [0.29, 0.717) is 19.4 Å². The van der Waals surface area contributed by atoms with E-state index >= 15 is 0 Å². The van der Waals surface area contributed by atoms with Crippen LogP contribution in [-0.2, 0) is 10.0 Å². The quantitative estimate of drug-likeness (QED) is 0.841. The van der Waals surface area contributed by atoms with Crippen LogP contribution in [0.3, 0.4) is 0 Å². The lowest BCUT2D eigenvalue weighted by molar-refractivity contribution is 0.0692. The molecule has 19 heavy (non-hydrogen) atoms. The van der Waals surface area contributed by atoms with Crippen molar-refractivity contribution in [3.8, 4) is 0 Å². The van der Waals surface area contributed by atoms with Gasteiger partial charge in [-0.05, 0) is 25.0 Å². The van der Waals surface area contributed by atoms with Gasteiger partial charge in [0.1, 0.15) is 0 Å². The van der Waals surface area contributed by atoms with E-state index in [1.54, 1.807) is 0 Å². The van der Waals surface area contributed by atoms with Gasteiger partial charge in [0.25, 0.3) is 0 Å². The van der Waals surface area contributed by atoms with Gasteiger partial charge in [0, 0.05) is 12.6 Å². The molecule has 1 aliphatic heterocycles. The number of rotatable bonds is 4. The summed E-state index contributed by atoms with van der Waals surface area (Å²) >= 11 is 0. The molecule has 0 saturated carbocycles. The predicted octanol–water partition coefficient (Wildman–Crippen LogP) is 0.530. The molecule has 1 unspecified atom stereocenters. The third-order valence-electron chi connectivity index (χ3n) is 3.24. The maximum absolute atomic E-state index is 12.5. The molecule has 1 atom stereocenters. The van der Waals surface area contributed by atoms with Gasteiger partial charge in [0.2, 0.25) is 10.0 Å². The molecule has 104 valence electrons. The second-order valence-electron chi connectivity index (χ2n) is 4.40. The minimum absolute atomic E-state index is 0.220. The summed E-state index contributed by atoms with van der Waals surface area (Å²) in [5.74, 6) is -1.28. The van der Waals surface area contributed by atoms with Crippen molar-refractivity contribution >= 4 is 16.0 Å². The molecule has 0 spiro atoms. The van der Waals surface area contributed by atoms with E-state index in [1.165, 1.54) is 28.6 Å². The van der Waals surface area contributed by atoms with Crippen molar-refractivity contribution in [1.29, 1.82) is 0 Å². The first kappa shape index (κ1) is 14.0. The van der Waals surface area contributed by atoms with E-state index in [0.717, 1.165) is 0 Å². The normalized spacial score (nSPS) is 20.6. The van der Waals surface area contributed by atoms with E-state index in [9.17, 15) is 18.3 Å². The van der Waals surface area contributed by atoms with E-state index < -0.39 is 22.0 Å². The fraction of sp³-hybridized carbons (Fsp3) is 0.417. The Kier molecular flexibility index (Phi) is 3.88. The Labute approximate surface area is 111 Å². The summed E-state index contributed by atoms with van der Waals surface area (Å²) in [6.45, 7) is 0.0516. The molecule has 0 aliphatic carbocycles. The van der Waals surface area contributed by atoms with E-state index in [-0.39, 0.29) is 17.1 Å². The maximum Gasteiger partial charge on any atom is 0.337 e. The van der Waals surface area contributed by atoms with Gasteiger partial charge in [-0.25, -0.2) is 13.2 Å². The molecule has 0 aromatic heterocycles. The summed E-state index contributed by atoms with van der Waals surface area (Å²) in [4.78, 5) is 10.9. The minimum atomic E-state index is -3.88. The molecule has 1 saturated heterocycles. The Hall–Kier alpha value is -1.44. The van der Waals surface area contributed by atoms with Crippen molar-refractivity contribution in [3.63, 3.8) is 0 Å². The lowest BCUT2D eigenvalue weighted by Crippen LogP contribution is -2.38. The summed E-state index contributed by atoms with van der Waals surface area (Å²) in [6.07, 6.45) is 1.25. The van der Waals surface area contributed by atoms with Crippen LogP contribution >= 0.6 is 0 Å². The zero-order chi connectivity index (χ0) is 14.0. The SMILES string of the molecule is O=C(O)c1ccccc1S(=O)(=O)N1CCCC1CO. The summed E-state index contributed by atoms with van der Waals surface area (Å²) in [6, 6.07) is 5.05. The van der Waals surface area contributed by atoms with Crippen molar-refractivity contribution in [1.82, 2.24) is 4.31 Å². The van der Waals surface area contributed by atoms with Gasteiger partial charge in [0.05, 0.1) is 17.1 Å². The number of aromatic carboxylic acids is 1. The monoisotopic (exact) mass is 285 g/mol. The molecule has 0 radical (unpaired) electrons. The first-order valence-electron chi connectivity index (χ1n) is 5.93. The molecular weight excluding hydrogens is 270 g/mol. The van der Waals surface area contributed by atoms with Gasteiger partial charge in [0.15, 0.2) is 0 Å². The minimum Gasteiger partial charge on any atom is -0.478 e. The summed E-state index contributed by atoms with van der Waals surface area (Å²) in [5.41, 5.74) is -0.244.